The van der Waals surface area contributed by atoms with E-state index in [0.29, 0.717) is 17.9 Å². The van der Waals surface area contributed by atoms with E-state index in [-0.39, 0.29) is 17.2 Å². The number of hydrogen-bond donors (Lipinski definition) is 3. The van der Waals surface area contributed by atoms with E-state index in [1.165, 1.54) is 0 Å². The van der Waals surface area contributed by atoms with Gasteiger partial charge in [-0.3, -0.25) is 14.3 Å². The molecule has 1 fully saturated rings. The SMILES string of the molecule is Cc1c(NC(=O)C[NH+]2CCN(c3ccccc3O)CC2)c(=O)n(-c2ccccc2)n1C. The van der Waals surface area contributed by atoms with Crippen molar-refractivity contribution in [2.75, 3.05) is 42.9 Å². The molecule has 8 heteroatoms. The fourth-order valence-corrected chi connectivity index (χ4v) is 4.10. The van der Waals surface area contributed by atoms with Crippen molar-refractivity contribution in [3.63, 3.8) is 0 Å². The van der Waals surface area contributed by atoms with E-state index in [4.69, 9.17) is 0 Å². The zero-order valence-electron chi connectivity index (χ0n) is 17.8. The molecule has 0 atom stereocenters. The number of nitrogens with one attached hydrogen (secondary N) is 2. The van der Waals surface area contributed by atoms with Crippen LogP contribution in [-0.4, -0.2) is 53.1 Å². The van der Waals surface area contributed by atoms with Crippen LogP contribution >= 0.6 is 0 Å². The Morgan fingerprint density at radius 1 is 1.06 bits per heavy atom. The van der Waals surface area contributed by atoms with Crippen molar-refractivity contribution in [2.45, 2.75) is 6.92 Å². The number of amides is 1. The number of phenols is 1. The molecular weight excluding hydrogens is 394 g/mol. The number of benzene rings is 2. The Hall–Kier alpha value is -3.52. The van der Waals surface area contributed by atoms with E-state index in [1.807, 2.05) is 62.5 Å². The van der Waals surface area contributed by atoms with Crippen LogP contribution in [0.3, 0.4) is 0 Å². The van der Waals surface area contributed by atoms with Gasteiger partial charge in [0.25, 0.3) is 11.5 Å². The van der Waals surface area contributed by atoms with E-state index < -0.39 is 0 Å². The number of nitrogens with zero attached hydrogens (tertiary/aromatic N) is 3. The summed E-state index contributed by atoms with van der Waals surface area (Å²) in [6.07, 6.45) is 0. The number of quaternary nitrogens is 1. The Labute approximate surface area is 180 Å². The van der Waals surface area contributed by atoms with Crippen molar-refractivity contribution in [3.8, 4) is 11.4 Å². The fraction of sp³-hybridized carbons (Fsp3) is 0.304. The molecule has 3 aromatic rings. The average Bonchev–Trinajstić information content (AvgIpc) is 2.98. The smallest absolute Gasteiger partial charge is 0.295 e. The van der Waals surface area contributed by atoms with E-state index in [9.17, 15) is 14.7 Å². The average molecular weight is 423 g/mol. The molecule has 0 radical (unpaired) electrons. The molecule has 1 saturated heterocycles. The number of para-hydroxylation sites is 3. The van der Waals surface area contributed by atoms with Crippen LogP contribution in [0.15, 0.2) is 59.4 Å². The minimum absolute atomic E-state index is 0.169. The largest absolute Gasteiger partial charge is 0.506 e. The van der Waals surface area contributed by atoms with Gasteiger partial charge in [0, 0.05) is 7.05 Å². The summed E-state index contributed by atoms with van der Waals surface area (Å²) in [4.78, 5) is 29.0. The van der Waals surface area contributed by atoms with E-state index >= 15 is 0 Å². The summed E-state index contributed by atoms with van der Waals surface area (Å²) < 4.78 is 3.31. The molecule has 4 rings (SSSR count). The summed E-state index contributed by atoms with van der Waals surface area (Å²) >= 11 is 0. The standard InChI is InChI=1S/C23H27N5O3/c1-17-22(23(31)28(25(17)2)18-8-4-3-5-9-18)24-21(30)16-26-12-14-27(15-13-26)19-10-6-7-11-20(19)29/h3-11,29H,12-16H2,1-2H3,(H,24,30)/p+1. The summed E-state index contributed by atoms with van der Waals surface area (Å²) in [5.41, 5.74) is 2.38. The first kappa shape index (κ1) is 20.7. The van der Waals surface area contributed by atoms with Gasteiger partial charge in [-0.05, 0) is 31.2 Å². The number of aromatic hydroxyl groups is 1. The molecule has 0 bridgehead atoms. The number of anilines is 2. The Balaban J connectivity index is 1.40. The van der Waals surface area contributed by atoms with Gasteiger partial charge in [-0.15, -0.1) is 0 Å². The summed E-state index contributed by atoms with van der Waals surface area (Å²) in [5.74, 6) is 0.106. The maximum absolute atomic E-state index is 13.0. The Morgan fingerprint density at radius 3 is 2.39 bits per heavy atom. The molecule has 3 N–H and O–H groups in total. The molecule has 1 aliphatic heterocycles. The second kappa shape index (κ2) is 8.69. The molecular formula is C23H28N5O3+. The molecule has 2 heterocycles. The van der Waals surface area contributed by atoms with E-state index in [2.05, 4.69) is 10.2 Å². The third-order valence-electron chi connectivity index (χ3n) is 5.92. The van der Waals surface area contributed by atoms with Crippen LogP contribution in [0.4, 0.5) is 11.4 Å². The van der Waals surface area contributed by atoms with Crippen molar-refractivity contribution >= 4 is 17.3 Å². The van der Waals surface area contributed by atoms with E-state index in [1.54, 1.807) is 15.4 Å². The highest BCUT2D eigenvalue weighted by Crippen LogP contribution is 2.26. The molecule has 1 aliphatic rings. The number of rotatable bonds is 5. The highest BCUT2D eigenvalue weighted by molar-refractivity contribution is 5.91. The number of piperazine rings is 1. The van der Waals surface area contributed by atoms with Crippen LogP contribution in [0.5, 0.6) is 5.75 Å². The summed E-state index contributed by atoms with van der Waals surface area (Å²) in [6.45, 7) is 5.20. The zero-order chi connectivity index (χ0) is 22.0. The van der Waals surface area contributed by atoms with Crippen molar-refractivity contribution < 1.29 is 14.8 Å². The van der Waals surface area contributed by atoms with Gasteiger partial charge >= 0.3 is 0 Å². The monoisotopic (exact) mass is 422 g/mol. The summed E-state index contributed by atoms with van der Waals surface area (Å²) in [6, 6.07) is 16.7. The lowest BCUT2D eigenvalue weighted by Gasteiger charge is -2.33. The fourth-order valence-electron chi connectivity index (χ4n) is 4.10. The lowest BCUT2D eigenvalue weighted by atomic mass is 10.2. The first-order valence-electron chi connectivity index (χ1n) is 10.5. The molecule has 2 aromatic carbocycles. The van der Waals surface area contributed by atoms with Crippen LogP contribution in [0.1, 0.15) is 5.69 Å². The van der Waals surface area contributed by atoms with E-state index in [0.717, 1.165) is 42.5 Å². The van der Waals surface area contributed by atoms with Gasteiger partial charge in [0.1, 0.15) is 11.4 Å². The first-order chi connectivity index (χ1) is 15.0. The third kappa shape index (κ3) is 4.20. The number of aromatic nitrogens is 2. The lowest BCUT2D eigenvalue weighted by molar-refractivity contribution is -0.892. The number of hydrogen-bond acceptors (Lipinski definition) is 4. The number of phenolic OH excluding ortho intramolecular Hbond substituents is 1. The third-order valence-corrected chi connectivity index (χ3v) is 5.92. The van der Waals surface area contributed by atoms with Crippen molar-refractivity contribution in [1.29, 1.82) is 0 Å². The van der Waals surface area contributed by atoms with Crippen molar-refractivity contribution in [1.82, 2.24) is 9.36 Å². The van der Waals surface area contributed by atoms with Gasteiger partial charge in [0.15, 0.2) is 6.54 Å². The highest BCUT2D eigenvalue weighted by atomic mass is 16.3. The van der Waals surface area contributed by atoms with Crippen LogP contribution in [0.2, 0.25) is 0 Å². The lowest BCUT2D eigenvalue weighted by Crippen LogP contribution is -3.15. The molecule has 8 nitrogen and oxygen atoms in total. The zero-order valence-corrected chi connectivity index (χ0v) is 17.8. The topological polar surface area (TPSA) is 83.9 Å². The Morgan fingerprint density at radius 2 is 1.71 bits per heavy atom. The van der Waals surface area contributed by atoms with Crippen molar-refractivity contribution in [3.05, 3.63) is 70.6 Å². The normalized spacial score (nSPS) is 14.6. The molecule has 0 unspecified atom stereocenters. The molecule has 0 aliphatic carbocycles. The first-order valence-corrected chi connectivity index (χ1v) is 10.5. The van der Waals surface area contributed by atoms with Gasteiger partial charge in [0.2, 0.25) is 0 Å². The number of carbonyl (C=O) groups excluding carboxylic acids is 1. The second-order valence-electron chi connectivity index (χ2n) is 7.89. The molecule has 0 saturated carbocycles. The molecule has 162 valence electrons. The minimum atomic E-state index is -0.237. The van der Waals surface area contributed by atoms with Gasteiger partial charge < -0.3 is 20.2 Å². The van der Waals surface area contributed by atoms with Gasteiger partial charge in [-0.25, -0.2) is 4.68 Å². The van der Waals surface area contributed by atoms with Crippen molar-refractivity contribution in [2.24, 2.45) is 7.05 Å². The maximum atomic E-state index is 13.0. The van der Waals surface area contributed by atoms with Crippen LogP contribution < -0.4 is 20.7 Å². The molecule has 1 amide bonds. The Kier molecular flexibility index (Phi) is 5.81. The van der Waals surface area contributed by atoms with Gasteiger partial charge in [-0.2, -0.15) is 0 Å². The van der Waals surface area contributed by atoms with Gasteiger partial charge in [-0.1, -0.05) is 30.3 Å². The Bertz CT molecular complexity index is 1130. The van der Waals surface area contributed by atoms with Crippen LogP contribution in [0, 0.1) is 6.92 Å². The second-order valence-corrected chi connectivity index (χ2v) is 7.89. The molecule has 31 heavy (non-hydrogen) atoms. The predicted molar refractivity (Wildman–Crippen MR) is 120 cm³/mol. The van der Waals surface area contributed by atoms with Gasteiger partial charge in [0.05, 0.1) is 43.2 Å². The maximum Gasteiger partial charge on any atom is 0.295 e. The van der Waals surface area contributed by atoms with Crippen LogP contribution in [0.25, 0.3) is 5.69 Å². The molecule has 1 aromatic heterocycles. The minimum Gasteiger partial charge on any atom is -0.506 e. The number of carbonyl (C=O) groups is 1. The summed E-state index contributed by atoms with van der Waals surface area (Å²) in [5, 5.41) is 12.9. The van der Waals surface area contributed by atoms with Crippen LogP contribution in [-0.2, 0) is 11.8 Å². The summed E-state index contributed by atoms with van der Waals surface area (Å²) in [7, 11) is 1.81. The molecule has 0 spiro atoms. The quantitative estimate of drug-likeness (QED) is 0.560. The predicted octanol–water partition coefficient (Wildman–Crippen LogP) is 0.534. The highest BCUT2D eigenvalue weighted by Gasteiger charge is 2.25.